The standard InChI is InChI=1S/C13H16ClN3O/c14-11-4-10(5-16-12(11)15)13(18)17-6-8-2-1-3-9(8)7-17/h4-5,8-9H,1-3,6-7H2,(H2,15,16). The van der Waals surface area contributed by atoms with Gasteiger partial charge in [0.2, 0.25) is 0 Å². The lowest BCUT2D eigenvalue weighted by Crippen LogP contribution is -2.29. The molecule has 1 saturated carbocycles. The van der Waals surface area contributed by atoms with Crippen LogP contribution < -0.4 is 5.73 Å². The van der Waals surface area contributed by atoms with Crippen LogP contribution in [0.3, 0.4) is 0 Å². The molecule has 0 radical (unpaired) electrons. The predicted octanol–water partition coefficient (Wildman–Crippen LogP) is 2.19. The van der Waals surface area contributed by atoms with E-state index in [0.717, 1.165) is 13.1 Å². The number of pyridine rings is 1. The lowest BCUT2D eigenvalue weighted by Gasteiger charge is -2.17. The number of nitrogen functional groups attached to an aromatic ring is 1. The highest BCUT2D eigenvalue weighted by molar-refractivity contribution is 6.33. The van der Waals surface area contributed by atoms with Crippen LogP contribution in [0.1, 0.15) is 29.6 Å². The maximum atomic E-state index is 12.3. The van der Waals surface area contributed by atoms with Crippen LogP contribution in [0, 0.1) is 11.8 Å². The Labute approximate surface area is 111 Å². The topological polar surface area (TPSA) is 59.2 Å². The van der Waals surface area contributed by atoms with Gasteiger partial charge in [-0.3, -0.25) is 4.79 Å². The SMILES string of the molecule is Nc1ncc(C(=O)N2CC3CCCC3C2)cc1Cl. The van der Waals surface area contributed by atoms with Crippen LogP contribution in [0.15, 0.2) is 12.3 Å². The van der Waals surface area contributed by atoms with Crippen molar-refractivity contribution < 1.29 is 4.79 Å². The largest absolute Gasteiger partial charge is 0.382 e. The van der Waals surface area contributed by atoms with Crippen molar-refractivity contribution in [2.75, 3.05) is 18.8 Å². The molecule has 0 spiro atoms. The van der Waals surface area contributed by atoms with Crippen LogP contribution in [0.4, 0.5) is 5.82 Å². The summed E-state index contributed by atoms with van der Waals surface area (Å²) in [5, 5.41) is 0.347. The smallest absolute Gasteiger partial charge is 0.255 e. The number of amides is 1. The lowest BCUT2D eigenvalue weighted by molar-refractivity contribution is 0.0780. The summed E-state index contributed by atoms with van der Waals surface area (Å²) in [7, 11) is 0. The number of halogens is 1. The van der Waals surface area contributed by atoms with Crippen LogP contribution in [-0.4, -0.2) is 28.9 Å². The first-order valence-corrected chi connectivity index (χ1v) is 6.73. The zero-order valence-corrected chi connectivity index (χ0v) is 10.9. The van der Waals surface area contributed by atoms with Crippen molar-refractivity contribution in [2.45, 2.75) is 19.3 Å². The van der Waals surface area contributed by atoms with E-state index in [-0.39, 0.29) is 11.7 Å². The Balaban J connectivity index is 1.77. The molecule has 18 heavy (non-hydrogen) atoms. The average Bonchev–Trinajstić information content (AvgIpc) is 2.92. The Bertz CT molecular complexity index is 479. The van der Waals surface area contributed by atoms with Crippen molar-refractivity contribution in [3.05, 3.63) is 22.8 Å². The van der Waals surface area contributed by atoms with Gasteiger partial charge in [0.05, 0.1) is 10.6 Å². The molecule has 1 aromatic rings. The fraction of sp³-hybridized carbons (Fsp3) is 0.538. The van der Waals surface area contributed by atoms with E-state index in [1.54, 1.807) is 6.07 Å². The highest BCUT2D eigenvalue weighted by Crippen LogP contribution is 2.38. The van der Waals surface area contributed by atoms with Gasteiger partial charge in [0.15, 0.2) is 0 Å². The van der Waals surface area contributed by atoms with Crippen molar-refractivity contribution in [1.29, 1.82) is 0 Å². The summed E-state index contributed by atoms with van der Waals surface area (Å²) in [6.45, 7) is 1.76. The molecule has 2 heterocycles. The molecule has 2 fully saturated rings. The van der Waals surface area contributed by atoms with Crippen molar-refractivity contribution in [3.8, 4) is 0 Å². The summed E-state index contributed by atoms with van der Waals surface area (Å²) in [4.78, 5) is 18.2. The van der Waals surface area contributed by atoms with Gasteiger partial charge in [-0.1, -0.05) is 18.0 Å². The number of nitrogens with two attached hydrogens (primary N) is 1. The fourth-order valence-electron chi connectivity index (χ4n) is 3.15. The molecule has 1 aliphatic heterocycles. The number of nitrogens with zero attached hydrogens (tertiary/aromatic N) is 2. The van der Waals surface area contributed by atoms with Crippen molar-refractivity contribution >= 4 is 23.3 Å². The average molecular weight is 266 g/mol. The molecule has 4 nitrogen and oxygen atoms in total. The Morgan fingerprint density at radius 1 is 1.39 bits per heavy atom. The maximum Gasteiger partial charge on any atom is 0.255 e. The number of anilines is 1. The first-order valence-electron chi connectivity index (χ1n) is 6.35. The van der Waals surface area contributed by atoms with E-state index < -0.39 is 0 Å². The van der Waals surface area contributed by atoms with E-state index in [1.165, 1.54) is 25.5 Å². The molecule has 1 amide bonds. The molecule has 0 bridgehead atoms. The van der Waals surface area contributed by atoms with Crippen LogP contribution in [0.5, 0.6) is 0 Å². The summed E-state index contributed by atoms with van der Waals surface area (Å²) >= 11 is 5.90. The highest BCUT2D eigenvalue weighted by Gasteiger charge is 2.38. The summed E-state index contributed by atoms with van der Waals surface area (Å²) in [5.74, 6) is 1.70. The molecule has 3 rings (SSSR count). The summed E-state index contributed by atoms with van der Waals surface area (Å²) in [5.41, 5.74) is 6.09. The molecule has 2 N–H and O–H groups in total. The van der Waals surface area contributed by atoms with Gasteiger partial charge < -0.3 is 10.6 Å². The third-order valence-electron chi connectivity index (χ3n) is 4.13. The van der Waals surface area contributed by atoms with Gasteiger partial charge in [-0.25, -0.2) is 4.98 Å². The monoisotopic (exact) mass is 265 g/mol. The number of aromatic nitrogens is 1. The minimum absolute atomic E-state index is 0.0267. The van der Waals surface area contributed by atoms with Gasteiger partial charge in [-0.2, -0.15) is 0 Å². The second kappa shape index (κ2) is 4.43. The first kappa shape index (κ1) is 11.8. The molecule has 1 saturated heterocycles. The molecule has 2 unspecified atom stereocenters. The fourth-order valence-corrected chi connectivity index (χ4v) is 3.32. The first-order chi connectivity index (χ1) is 8.65. The molecule has 2 atom stereocenters. The highest BCUT2D eigenvalue weighted by atomic mass is 35.5. The van der Waals surface area contributed by atoms with Crippen molar-refractivity contribution in [1.82, 2.24) is 9.88 Å². The van der Waals surface area contributed by atoms with Gasteiger partial charge in [-0.15, -0.1) is 0 Å². The van der Waals surface area contributed by atoms with E-state index in [2.05, 4.69) is 4.98 Å². The minimum atomic E-state index is 0.0267. The van der Waals surface area contributed by atoms with Crippen LogP contribution >= 0.6 is 11.6 Å². The zero-order chi connectivity index (χ0) is 12.7. The Kier molecular flexibility index (Phi) is 2.90. The third-order valence-corrected chi connectivity index (χ3v) is 4.43. The maximum absolute atomic E-state index is 12.3. The Hall–Kier alpha value is -1.29. The van der Waals surface area contributed by atoms with E-state index in [4.69, 9.17) is 17.3 Å². The second-order valence-corrected chi connectivity index (χ2v) is 5.66. The molecule has 1 aromatic heterocycles. The van der Waals surface area contributed by atoms with Crippen LogP contribution in [0.25, 0.3) is 0 Å². The second-order valence-electron chi connectivity index (χ2n) is 5.25. The van der Waals surface area contributed by atoms with E-state index in [9.17, 15) is 4.79 Å². The summed E-state index contributed by atoms with van der Waals surface area (Å²) in [6, 6.07) is 1.61. The van der Waals surface area contributed by atoms with Gasteiger partial charge in [-0.05, 0) is 30.7 Å². The number of carbonyl (C=O) groups excluding carboxylic acids is 1. The molecular formula is C13H16ClN3O. The van der Waals surface area contributed by atoms with Gasteiger partial charge in [0.25, 0.3) is 5.91 Å². The predicted molar refractivity (Wildman–Crippen MR) is 70.4 cm³/mol. The molecule has 96 valence electrons. The number of hydrogen-bond acceptors (Lipinski definition) is 3. The lowest BCUT2D eigenvalue weighted by atomic mass is 10.0. The van der Waals surface area contributed by atoms with Crippen LogP contribution in [-0.2, 0) is 0 Å². The van der Waals surface area contributed by atoms with Crippen LogP contribution in [0.2, 0.25) is 5.02 Å². The van der Waals surface area contributed by atoms with Crippen molar-refractivity contribution in [2.24, 2.45) is 11.8 Å². The minimum Gasteiger partial charge on any atom is -0.382 e. The number of rotatable bonds is 1. The van der Waals surface area contributed by atoms with Crippen molar-refractivity contribution in [3.63, 3.8) is 0 Å². The quantitative estimate of drug-likeness (QED) is 0.847. The van der Waals surface area contributed by atoms with Gasteiger partial charge >= 0.3 is 0 Å². The molecular weight excluding hydrogens is 250 g/mol. The number of fused-ring (bicyclic) bond motifs is 1. The van der Waals surface area contributed by atoms with E-state index >= 15 is 0 Å². The van der Waals surface area contributed by atoms with Gasteiger partial charge in [0.1, 0.15) is 5.82 Å². The van der Waals surface area contributed by atoms with E-state index in [1.807, 2.05) is 4.90 Å². The van der Waals surface area contributed by atoms with E-state index in [0.29, 0.717) is 22.4 Å². The summed E-state index contributed by atoms with van der Waals surface area (Å²) < 4.78 is 0. The molecule has 2 aliphatic rings. The van der Waals surface area contributed by atoms with Gasteiger partial charge in [0, 0.05) is 19.3 Å². The Morgan fingerprint density at radius 3 is 2.67 bits per heavy atom. The third kappa shape index (κ3) is 1.94. The molecule has 5 heteroatoms. The normalized spacial score (nSPS) is 26.4. The zero-order valence-electron chi connectivity index (χ0n) is 10.1. The number of hydrogen-bond donors (Lipinski definition) is 1. The summed E-state index contributed by atoms with van der Waals surface area (Å²) in [6.07, 6.45) is 5.34. The molecule has 1 aliphatic carbocycles. The number of likely N-dealkylation sites (tertiary alicyclic amines) is 1. The molecule has 0 aromatic carbocycles. The number of carbonyl (C=O) groups is 1. The Morgan fingerprint density at radius 2 is 2.06 bits per heavy atom.